The summed E-state index contributed by atoms with van der Waals surface area (Å²) in [5, 5.41) is 2.59. The van der Waals surface area contributed by atoms with Crippen LogP contribution in [0.3, 0.4) is 0 Å². The minimum Gasteiger partial charge on any atom is -0.379 e. The third-order valence-corrected chi connectivity index (χ3v) is 1.70. The molecule has 0 aromatic heterocycles. The molecule has 0 atom stereocenters. The molecule has 0 rings (SSSR count). The number of carbonyl (C=O) groups excluding carboxylic acids is 2. The topological polar surface area (TPSA) is 64.6 Å². The van der Waals surface area contributed by atoms with Crippen molar-refractivity contribution in [1.29, 1.82) is 0 Å². The fraction of sp³-hybridized carbons (Fsp3) is 0.818. The lowest BCUT2D eigenvalue weighted by Crippen LogP contribution is -2.28. The number of amides is 1. The molecule has 0 aromatic carbocycles. The number of hydrogen-bond donors (Lipinski definition) is 1. The summed E-state index contributed by atoms with van der Waals surface area (Å²) in [7, 11) is 0. The van der Waals surface area contributed by atoms with Crippen molar-refractivity contribution in [3.05, 3.63) is 0 Å². The van der Waals surface area contributed by atoms with Crippen LogP contribution >= 0.6 is 0 Å². The highest BCUT2D eigenvalue weighted by molar-refractivity contribution is 5.96. The molecule has 5 heteroatoms. The summed E-state index contributed by atoms with van der Waals surface area (Å²) >= 11 is 0. The second kappa shape index (κ2) is 10.6. The van der Waals surface area contributed by atoms with Gasteiger partial charge in [0.05, 0.1) is 26.2 Å². The molecular weight excluding hydrogens is 210 g/mol. The lowest BCUT2D eigenvalue weighted by atomic mass is 10.3. The lowest BCUT2D eigenvalue weighted by molar-refractivity contribution is -0.127. The lowest BCUT2D eigenvalue weighted by Gasteiger charge is -2.06. The molecule has 1 N–H and O–H groups in total. The number of nitrogens with one attached hydrogen (secondary N) is 1. The van der Waals surface area contributed by atoms with Crippen LogP contribution in [0, 0.1) is 0 Å². The summed E-state index contributed by atoms with van der Waals surface area (Å²) < 4.78 is 10.4. The van der Waals surface area contributed by atoms with Crippen LogP contribution in [0.1, 0.15) is 26.7 Å². The predicted molar refractivity (Wildman–Crippen MR) is 60.2 cm³/mol. The minimum atomic E-state index is -0.252. The van der Waals surface area contributed by atoms with E-state index in [1.54, 1.807) is 0 Å². The Morgan fingerprint density at radius 1 is 1.06 bits per heavy atom. The summed E-state index contributed by atoms with van der Waals surface area (Å²) in [6.07, 6.45) is 0.945. The minimum absolute atomic E-state index is 0.0559. The van der Waals surface area contributed by atoms with Crippen LogP contribution < -0.4 is 5.32 Å². The summed E-state index contributed by atoms with van der Waals surface area (Å²) in [6, 6.07) is 0. The van der Waals surface area contributed by atoms with E-state index in [4.69, 9.17) is 9.47 Å². The Bertz CT molecular complexity index is 206. The average Bonchev–Trinajstić information content (AvgIpc) is 2.21. The van der Waals surface area contributed by atoms with Gasteiger partial charge in [0.25, 0.3) is 0 Å². The zero-order valence-corrected chi connectivity index (χ0v) is 10.1. The van der Waals surface area contributed by atoms with E-state index in [-0.39, 0.29) is 18.1 Å². The van der Waals surface area contributed by atoms with Crippen LogP contribution in [-0.2, 0) is 19.1 Å². The van der Waals surface area contributed by atoms with E-state index in [2.05, 4.69) is 5.32 Å². The third-order valence-electron chi connectivity index (χ3n) is 1.70. The first-order valence-corrected chi connectivity index (χ1v) is 5.58. The van der Waals surface area contributed by atoms with Crippen LogP contribution in [0.15, 0.2) is 0 Å². The molecule has 0 spiro atoms. The Morgan fingerprint density at radius 3 is 2.25 bits per heavy atom. The Labute approximate surface area is 96.5 Å². The molecule has 94 valence electrons. The number of carbonyl (C=O) groups is 2. The van der Waals surface area contributed by atoms with Crippen LogP contribution in [0.5, 0.6) is 0 Å². The van der Waals surface area contributed by atoms with Crippen molar-refractivity contribution in [1.82, 2.24) is 5.32 Å². The van der Waals surface area contributed by atoms with Gasteiger partial charge in [-0.1, -0.05) is 6.92 Å². The van der Waals surface area contributed by atoms with Crippen molar-refractivity contribution in [3.8, 4) is 0 Å². The molecule has 0 radical (unpaired) electrons. The molecule has 0 saturated carbocycles. The second-order valence-electron chi connectivity index (χ2n) is 3.45. The van der Waals surface area contributed by atoms with Crippen molar-refractivity contribution < 1.29 is 19.1 Å². The molecule has 1 amide bonds. The number of hydrogen-bond acceptors (Lipinski definition) is 4. The van der Waals surface area contributed by atoms with Gasteiger partial charge >= 0.3 is 0 Å². The van der Waals surface area contributed by atoms with Gasteiger partial charge in [0.15, 0.2) is 0 Å². The SMILES string of the molecule is CCCOCCOCCNC(=O)CC(C)=O. The average molecular weight is 231 g/mol. The van der Waals surface area contributed by atoms with Crippen LogP contribution in [-0.4, -0.2) is 44.7 Å². The first kappa shape index (κ1) is 15.1. The van der Waals surface area contributed by atoms with Gasteiger partial charge in [0.1, 0.15) is 5.78 Å². The number of ketones is 1. The van der Waals surface area contributed by atoms with Gasteiger partial charge in [-0.05, 0) is 13.3 Å². The summed E-state index contributed by atoms with van der Waals surface area (Å²) in [4.78, 5) is 21.6. The van der Waals surface area contributed by atoms with E-state index in [0.717, 1.165) is 13.0 Å². The predicted octanol–water partition coefficient (Wildman–Crippen LogP) is 0.525. The van der Waals surface area contributed by atoms with Crippen molar-refractivity contribution in [3.63, 3.8) is 0 Å². The van der Waals surface area contributed by atoms with E-state index in [1.165, 1.54) is 6.92 Å². The Balaban J connectivity index is 3.14. The standard InChI is InChI=1S/C11H21NO4/c1-3-5-15-7-8-16-6-4-12-11(14)9-10(2)13/h3-9H2,1-2H3,(H,12,14). The highest BCUT2D eigenvalue weighted by Crippen LogP contribution is 1.83. The van der Waals surface area contributed by atoms with Crippen LogP contribution in [0.2, 0.25) is 0 Å². The summed E-state index contributed by atoms with van der Waals surface area (Å²) in [5.74, 6) is -0.385. The molecule has 0 bridgehead atoms. The first-order chi connectivity index (χ1) is 7.66. The Morgan fingerprint density at radius 2 is 1.69 bits per heavy atom. The van der Waals surface area contributed by atoms with Gasteiger partial charge in [0.2, 0.25) is 5.91 Å². The highest BCUT2D eigenvalue weighted by Gasteiger charge is 2.03. The fourth-order valence-electron chi connectivity index (χ4n) is 1.02. The smallest absolute Gasteiger partial charge is 0.227 e. The van der Waals surface area contributed by atoms with E-state index in [1.807, 2.05) is 6.92 Å². The van der Waals surface area contributed by atoms with E-state index >= 15 is 0 Å². The number of ether oxygens (including phenoxy) is 2. The molecular formula is C11H21NO4. The first-order valence-electron chi connectivity index (χ1n) is 5.58. The molecule has 0 unspecified atom stereocenters. The Hall–Kier alpha value is -0.940. The highest BCUT2D eigenvalue weighted by atomic mass is 16.5. The van der Waals surface area contributed by atoms with Gasteiger partial charge in [0, 0.05) is 13.2 Å². The van der Waals surface area contributed by atoms with Crippen molar-refractivity contribution >= 4 is 11.7 Å². The van der Waals surface area contributed by atoms with Gasteiger partial charge in [-0.2, -0.15) is 0 Å². The number of rotatable bonds is 10. The Kier molecular flexibility index (Phi) is 9.95. The maximum Gasteiger partial charge on any atom is 0.227 e. The molecule has 0 aromatic rings. The molecule has 0 heterocycles. The summed E-state index contributed by atoms with van der Waals surface area (Å²) in [5.41, 5.74) is 0. The number of Topliss-reactive ketones (excluding diaryl/α,β-unsaturated/α-hetero) is 1. The quantitative estimate of drug-likeness (QED) is 0.440. The zero-order chi connectivity index (χ0) is 12.2. The van der Waals surface area contributed by atoms with E-state index in [9.17, 15) is 9.59 Å². The van der Waals surface area contributed by atoms with Crippen LogP contribution in [0.25, 0.3) is 0 Å². The van der Waals surface area contributed by atoms with E-state index < -0.39 is 0 Å². The van der Waals surface area contributed by atoms with Gasteiger partial charge in [-0.25, -0.2) is 0 Å². The van der Waals surface area contributed by atoms with Crippen molar-refractivity contribution in [2.24, 2.45) is 0 Å². The third kappa shape index (κ3) is 11.1. The normalized spacial score (nSPS) is 10.1. The van der Waals surface area contributed by atoms with Gasteiger partial charge in [-0.3, -0.25) is 9.59 Å². The molecule has 5 nitrogen and oxygen atoms in total. The monoisotopic (exact) mass is 231 g/mol. The van der Waals surface area contributed by atoms with Crippen molar-refractivity contribution in [2.45, 2.75) is 26.7 Å². The zero-order valence-electron chi connectivity index (χ0n) is 10.1. The summed E-state index contributed by atoms with van der Waals surface area (Å²) in [6.45, 7) is 6.17. The maximum absolute atomic E-state index is 11.0. The molecule has 0 fully saturated rings. The van der Waals surface area contributed by atoms with Gasteiger partial charge < -0.3 is 14.8 Å². The maximum atomic E-state index is 11.0. The van der Waals surface area contributed by atoms with Crippen molar-refractivity contribution in [2.75, 3.05) is 33.0 Å². The molecule has 0 aliphatic carbocycles. The molecule has 0 aliphatic rings. The largest absolute Gasteiger partial charge is 0.379 e. The molecule has 0 aliphatic heterocycles. The molecule has 16 heavy (non-hydrogen) atoms. The second-order valence-corrected chi connectivity index (χ2v) is 3.45. The van der Waals surface area contributed by atoms with Crippen LogP contribution in [0.4, 0.5) is 0 Å². The van der Waals surface area contributed by atoms with E-state index in [0.29, 0.717) is 26.4 Å². The fourth-order valence-corrected chi connectivity index (χ4v) is 1.02. The molecule has 0 saturated heterocycles. The van der Waals surface area contributed by atoms with Gasteiger partial charge in [-0.15, -0.1) is 0 Å².